The molecule has 0 saturated heterocycles. The lowest BCUT2D eigenvalue weighted by atomic mass is 10.1. The Labute approximate surface area is 149 Å². The van der Waals surface area contributed by atoms with E-state index in [0.29, 0.717) is 30.3 Å². The Hall–Kier alpha value is -2.67. The summed E-state index contributed by atoms with van der Waals surface area (Å²) in [5, 5.41) is 0. The fourth-order valence-corrected chi connectivity index (χ4v) is 3.04. The molecule has 0 aromatic heterocycles. The molecule has 0 fully saturated rings. The van der Waals surface area contributed by atoms with Crippen LogP contribution >= 0.6 is 11.8 Å². The summed E-state index contributed by atoms with van der Waals surface area (Å²) < 4.78 is 11.0. The number of nitrogens with one attached hydrogen (secondary N) is 2. The van der Waals surface area contributed by atoms with E-state index in [2.05, 4.69) is 10.9 Å². The summed E-state index contributed by atoms with van der Waals surface area (Å²) in [6, 6.07) is 12.7. The minimum absolute atomic E-state index is 0.174. The first kappa shape index (κ1) is 17.2. The molecular formula is C18H18N2O4S. The molecule has 2 N–H and O–H groups in total. The van der Waals surface area contributed by atoms with E-state index in [1.54, 1.807) is 12.1 Å². The molecule has 7 heteroatoms. The van der Waals surface area contributed by atoms with E-state index < -0.39 is 0 Å². The summed E-state index contributed by atoms with van der Waals surface area (Å²) in [5.74, 6) is 0.945. The second-order valence-corrected chi connectivity index (χ2v) is 6.46. The fourth-order valence-electron chi connectivity index (χ4n) is 2.32. The molecular weight excluding hydrogens is 340 g/mol. The quantitative estimate of drug-likeness (QED) is 0.648. The van der Waals surface area contributed by atoms with Gasteiger partial charge in [0.25, 0.3) is 5.91 Å². The standard InChI is InChI=1S/C18H18N2O4S/c1-12-4-2-3-5-14(12)18(22)20-19-17(21)11-25-13-6-7-15-16(10-13)24-9-8-23-15/h2-7,10H,8-9,11H2,1H3,(H,19,21)(H,20,22). The van der Waals surface area contributed by atoms with Gasteiger partial charge >= 0.3 is 0 Å². The van der Waals surface area contributed by atoms with Gasteiger partial charge in [-0.1, -0.05) is 18.2 Å². The van der Waals surface area contributed by atoms with Crippen molar-refractivity contribution in [3.63, 3.8) is 0 Å². The van der Waals surface area contributed by atoms with Gasteiger partial charge in [-0.25, -0.2) is 0 Å². The van der Waals surface area contributed by atoms with Gasteiger partial charge in [-0.15, -0.1) is 11.8 Å². The van der Waals surface area contributed by atoms with Gasteiger partial charge < -0.3 is 9.47 Å². The highest BCUT2D eigenvalue weighted by atomic mass is 32.2. The molecule has 0 saturated carbocycles. The number of carbonyl (C=O) groups excluding carboxylic acids is 2. The van der Waals surface area contributed by atoms with Crippen LogP contribution in [0.15, 0.2) is 47.4 Å². The molecule has 1 aliphatic rings. The first-order valence-electron chi connectivity index (χ1n) is 7.81. The molecule has 2 amide bonds. The molecule has 0 spiro atoms. The Kier molecular flexibility index (Phi) is 5.45. The van der Waals surface area contributed by atoms with Crippen molar-refractivity contribution in [1.82, 2.24) is 10.9 Å². The zero-order chi connectivity index (χ0) is 17.6. The van der Waals surface area contributed by atoms with Gasteiger partial charge in [-0.2, -0.15) is 0 Å². The minimum atomic E-state index is -0.337. The molecule has 0 atom stereocenters. The predicted molar refractivity (Wildman–Crippen MR) is 94.9 cm³/mol. The largest absolute Gasteiger partial charge is 0.486 e. The van der Waals surface area contributed by atoms with Crippen molar-refractivity contribution < 1.29 is 19.1 Å². The van der Waals surface area contributed by atoms with E-state index in [1.807, 2.05) is 37.3 Å². The topological polar surface area (TPSA) is 76.7 Å². The first-order chi connectivity index (χ1) is 12.1. The summed E-state index contributed by atoms with van der Waals surface area (Å²) in [7, 11) is 0. The van der Waals surface area contributed by atoms with E-state index in [1.165, 1.54) is 11.8 Å². The van der Waals surface area contributed by atoms with Crippen LogP contribution < -0.4 is 20.3 Å². The highest BCUT2D eigenvalue weighted by Gasteiger charge is 2.13. The number of hydrogen-bond acceptors (Lipinski definition) is 5. The van der Waals surface area contributed by atoms with Crippen LogP contribution in [0.5, 0.6) is 11.5 Å². The number of rotatable bonds is 4. The third-order valence-corrected chi connectivity index (χ3v) is 4.58. The van der Waals surface area contributed by atoms with Crippen molar-refractivity contribution in [3.8, 4) is 11.5 Å². The van der Waals surface area contributed by atoms with Gasteiger partial charge in [0.2, 0.25) is 5.91 Å². The van der Waals surface area contributed by atoms with Crippen LogP contribution in [0.2, 0.25) is 0 Å². The number of thioether (sulfide) groups is 1. The molecule has 0 aliphatic carbocycles. The molecule has 25 heavy (non-hydrogen) atoms. The summed E-state index contributed by atoms with van der Waals surface area (Å²) in [5.41, 5.74) is 6.23. The maximum absolute atomic E-state index is 12.0. The van der Waals surface area contributed by atoms with Crippen LogP contribution in [0.4, 0.5) is 0 Å². The highest BCUT2D eigenvalue weighted by Crippen LogP contribution is 2.34. The monoisotopic (exact) mass is 358 g/mol. The number of amides is 2. The molecule has 0 unspecified atom stereocenters. The Morgan fingerprint density at radius 2 is 1.80 bits per heavy atom. The van der Waals surface area contributed by atoms with Crippen molar-refractivity contribution >= 4 is 23.6 Å². The fraction of sp³-hybridized carbons (Fsp3) is 0.222. The SMILES string of the molecule is Cc1ccccc1C(=O)NNC(=O)CSc1ccc2c(c1)OCCO2. The number of benzene rings is 2. The number of hydrazine groups is 1. The molecule has 130 valence electrons. The van der Waals surface area contributed by atoms with Crippen molar-refractivity contribution in [1.29, 1.82) is 0 Å². The van der Waals surface area contributed by atoms with Gasteiger partial charge in [-0.3, -0.25) is 20.4 Å². The lowest BCUT2D eigenvalue weighted by Gasteiger charge is -2.18. The smallest absolute Gasteiger partial charge is 0.269 e. The van der Waals surface area contributed by atoms with Gasteiger partial charge in [-0.05, 0) is 36.8 Å². The number of ether oxygens (including phenoxy) is 2. The van der Waals surface area contributed by atoms with Gasteiger partial charge in [0.1, 0.15) is 13.2 Å². The summed E-state index contributed by atoms with van der Waals surface area (Å²) in [6.45, 7) is 2.91. The molecule has 3 rings (SSSR count). The van der Waals surface area contributed by atoms with Crippen LogP contribution in [-0.2, 0) is 4.79 Å². The molecule has 6 nitrogen and oxygen atoms in total. The number of hydrogen-bond donors (Lipinski definition) is 2. The Balaban J connectivity index is 1.48. The molecule has 2 aromatic rings. The number of fused-ring (bicyclic) bond motifs is 1. The molecule has 1 heterocycles. The summed E-state index contributed by atoms with van der Waals surface area (Å²) >= 11 is 1.35. The Morgan fingerprint density at radius 1 is 1.04 bits per heavy atom. The van der Waals surface area contributed by atoms with Crippen LogP contribution in [0.3, 0.4) is 0 Å². The number of aryl methyl sites for hydroxylation is 1. The van der Waals surface area contributed by atoms with Crippen molar-refractivity contribution in [2.24, 2.45) is 0 Å². The highest BCUT2D eigenvalue weighted by molar-refractivity contribution is 8.00. The average molecular weight is 358 g/mol. The second kappa shape index (κ2) is 7.94. The lowest BCUT2D eigenvalue weighted by molar-refractivity contribution is -0.119. The maximum Gasteiger partial charge on any atom is 0.269 e. The summed E-state index contributed by atoms with van der Waals surface area (Å²) in [4.78, 5) is 24.9. The third kappa shape index (κ3) is 4.45. The molecule has 1 aliphatic heterocycles. The van der Waals surface area contributed by atoms with Crippen molar-refractivity contribution in [2.45, 2.75) is 11.8 Å². The van der Waals surface area contributed by atoms with Crippen LogP contribution in [0, 0.1) is 6.92 Å². The van der Waals surface area contributed by atoms with E-state index in [9.17, 15) is 9.59 Å². The minimum Gasteiger partial charge on any atom is -0.486 e. The zero-order valence-electron chi connectivity index (χ0n) is 13.7. The van der Waals surface area contributed by atoms with Crippen LogP contribution in [0.1, 0.15) is 15.9 Å². The molecule has 0 bridgehead atoms. The van der Waals surface area contributed by atoms with Gasteiger partial charge in [0.15, 0.2) is 11.5 Å². The Bertz CT molecular complexity index is 794. The second-order valence-electron chi connectivity index (χ2n) is 5.41. The van der Waals surface area contributed by atoms with Crippen molar-refractivity contribution in [2.75, 3.05) is 19.0 Å². The van der Waals surface area contributed by atoms with E-state index in [4.69, 9.17) is 9.47 Å². The van der Waals surface area contributed by atoms with Crippen LogP contribution in [0.25, 0.3) is 0 Å². The molecule has 0 radical (unpaired) electrons. The predicted octanol–water partition coefficient (Wildman–Crippen LogP) is 2.32. The average Bonchev–Trinajstić information content (AvgIpc) is 2.64. The van der Waals surface area contributed by atoms with E-state index in [-0.39, 0.29) is 17.6 Å². The van der Waals surface area contributed by atoms with Gasteiger partial charge in [0, 0.05) is 10.5 Å². The van der Waals surface area contributed by atoms with Crippen LogP contribution in [-0.4, -0.2) is 30.8 Å². The normalized spacial score (nSPS) is 12.4. The van der Waals surface area contributed by atoms with Gasteiger partial charge in [0.05, 0.1) is 5.75 Å². The summed E-state index contributed by atoms with van der Waals surface area (Å²) in [6.07, 6.45) is 0. The maximum atomic E-state index is 12.0. The van der Waals surface area contributed by atoms with E-state index >= 15 is 0 Å². The lowest BCUT2D eigenvalue weighted by Crippen LogP contribution is -2.42. The third-order valence-electron chi connectivity index (χ3n) is 3.59. The molecule has 2 aromatic carbocycles. The van der Waals surface area contributed by atoms with E-state index in [0.717, 1.165) is 10.5 Å². The number of carbonyl (C=O) groups is 2. The van der Waals surface area contributed by atoms with Crippen molar-refractivity contribution in [3.05, 3.63) is 53.6 Å². The Morgan fingerprint density at radius 3 is 2.60 bits per heavy atom. The zero-order valence-corrected chi connectivity index (χ0v) is 14.5. The first-order valence-corrected chi connectivity index (χ1v) is 8.79.